The van der Waals surface area contributed by atoms with Crippen LogP contribution >= 0.6 is 0 Å². The first-order valence-corrected chi connectivity index (χ1v) is 9.50. The molecule has 156 valence electrons. The Balaban J connectivity index is 1.46. The third kappa shape index (κ3) is 6.02. The SMILES string of the molecule is O=C(CNC(=O)c1ccc(OC(F)F)cc1)NC[C@@H](c1ccco1)[NH+]1CCCC1. The van der Waals surface area contributed by atoms with Gasteiger partial charge in [-0.25, -0.2) is 0 Å². The van der Waals surface area contributed by atoms with Crippen LogP contribution in [0, 0.1) is 0 Å². The monoisotopic (exact) mass is 408 g/mol. The summed E-state index contributed by atoms with van der Waals surface area (Å²) in [6.45, 7) is -0.636. The number of amides is 2. The summed E-state index contributed by atoms with van der Waals surface area (Å²) in [5.41, 5.74) is 0.245. The number of hydrogen-bond acceptors (Lipinski definition) is 4. The molecule has 1 aliphatic rings. The van der Waals surface area contributed by atoms with Gasteiger partial charge in [0.25, 0.3) is 5.91 Å². The predicted molar refractivity (Wildman–Crippen MR) is 99.8 cm³/mol. The molecule has 2 amide bonds. The molecule has 2 heterocycles. The van der Waals surface area contributed by atoms with Crippen LogP contribution in [-0.4, -0.2) is 44.6 Å². The summed E-state index contributed by atoms with van der Waals surface area (Å²) in [6, 6.07) is 9.03. The van der Waals surface area contributed by atoms with Crippen LogP contribution in [-0.2, 0) is 4.79 Å². The summed E-state index contributed by atoms with van der Waals surface area (Å²) in [4.78, 5) is 25.7. The fourth-order valence-corrected chi connectivity index (χ4v) is 3.44. The van der Waals surface area contributed by atoms with E-state index < -0.39 is 12.5 Å². The van der Waals surface area contributed by atoms with Crippen LogP contribution in [0.15, 0.2) is 47.1 Å². The maximum Gasteiger partial charge on any atom is 0.387 e. The van der Waals surface area contributed by atoms with Crippen LogP contribution in [0.5, 0.6) is 5.75 Å². The number of carbonyl (C=O) groups is 2. The minimum Gasteiger partial charge on any atom is -0.463 e. The number of furan rings is 1. The van der Waals surface area contributed by atoms with Crippen molar-refractivity contribution in [2.75, 3.05) is 26.2 Å². The van der Waals surface area contributed by atoms with Gasteiger partial charge < -0.3 is 24.7 Å². The molecule has 0 aliphatic carbocycles. The molecule has 0 radical (unpaired) electrons. The number of halogens is 2. The molecule has 3 rings (SSSR count). The Kier molecular flexibility index (Phi) is 7.18. The molecule has 0 spiro atoms. The van der Waals surface area contributed by atoms with Crippen molar-refractivity contribution in [1.82, 2.24) is 10.6 Å². The van der Waals surface area contributed by atoms with Crippen LogP contribution in [0.1, 0.15) is 35.0 Å². The van der Waals surface area contributed by atoms with Gasteiger partial charge in [0.05, 0.1) is 32.4 Å². The quantitative estimate of drug-likeness (QED) is 0.581. The Morgan fingerprint density at radius 2 is 1.83 bits per heavy atom. The number of carbonyl (C=O) groups excluding carboxylic acids is 2. The second-order valence-electron chi connectivity index (χ2n) is 6.82. The van der Waals surface area contributed by atoms with Crippen molar-refractivity contribution < 1.29 is 32.4 Å². The Morgan fingerprint density at radius 3 is 2.45 bits per heavy atom. The number of alkyl halides is 2. The van der Waals surface area contributed by atoms with Gasteiger partial charge in [0.15, 0.2) is 11.8 Å². The third-order valence-electron chi connectivity index (χ3n) is 4.88. The molecule has 7 nitrogen and oxygen atoms in total. The van der Waals surface area contributed by atoms with E-state index in [4.69, 9.17) is 4.42 Å². The Hall–Kier alpha value is -2.94. The largest absolute Gasteiger partial charge is 0.463 e. The molecule has 0 unspecified atom stereocenters. The Bertz CT molecular complexity index is 791. The highest BCUT2D eigenvalue weighted by Gasteiger charge is 2.29. The minimum atomic E-state index is -2.93. The van der Waals surface area contributed by atoms with E-state index in [0.717, 1.165) is 31.7 Å². The number of nitrogens with one attached hydrogen (secondary N) is 3. The number of quaternary nitrogens is 1. The lowest BCUT2D eigenvalue weighted by Crippen LogP contribution is -3.11. The van der Waals surface area contributed by atoms with Gasteiger partial charge >= 0.3 is 6.61 Å². The average Bonchev–Trinajstić information content (AvgIpc) is 3.41. The molecular formula is C20H24F2N3O4+. The maximum atomic E-state index is 12.2. The number of likely N-dealkylation sites (tertiary alicyclic amines) is 1. The average molecular weight is 408 g/mol. The van der Waals surface area contributed by atoms with E-state index in [9.17, 15) is 18.4 Å². The zero-order valence-corrected chi connectivity index (χ0v) is 15.8. The zero-order chi connectivity index (χ0) is 20.6. The van der Waals surface area contributed by atoms with Gasteiger partial charge in [0, 0.05) is 18.4 Å². The lowest BCUT2D eigenvalue weighted by Gasteiger charge is -2.23. The van der Waals surface area contributed by atoms with Gasteiger partial charge in [-0.3, -0.25) is 9.59 Å². The van der Waals surface area contributed by atoms with Gasteiger partial charge in [-0.15, -0.1) is 0 Å². The normalized spacial score (nSPS) is 15.3. The molecule has 1 aromatic heterocycles. The van der Waals surface area contributed by atoms with Crippen molar-refractivity contribution >= 4 is 11.8 Å². The van der Waals surface area contributed by atoms with Gasteiger partial charge in [-0.1, -0.05) is 0 Å². The van der Waals surface area contributed by atoms with E-state index in [0.29, 0.717) is 6.54 Å². The van der Waals surface area contributed by atoms with Crippen LogP contribution in [0.25, 0.3) is 0 Å². The lowest BCUT2D eigenvalue weighted by molar-refractivity contribution is -0.919. The van der Waals surface area contributed by atoms with E-state index in [1.807, 2.05) is 12.1 Å². The fourth-order valence-electron chi connectivity index (χ4n) is 3.44. The zero-order valence-electron chi connectivity index (χ0n) is 15.8. The molecule has 2 aromatic rings. The Morgan fingerprint density at radius 1 is 1.10 bits per heavy atom. The molecule has 29 heavy (non-hydrogen) atoms. The first-order valence-electron chi connectivity index (χ1n) is 9.50. The van der Waals surface area contributed by atoms with Crippen molar-refractivity contribution in [2.45, 2.75) is 25.5 Å². The minimum absolute atomic E-state index is 0.0366. The molecule has 1 aromatic carbocycles. The number of rotatable bonds is 9. The third-order valence-corrected chi connectivity index (χ3v) is 4.88. The second-order valence-corrected chi connectivity index (χ2v) is 6.82. The van der Waals surface area contributed by atoms with Crippen LogP contribution < -0.4 is 20.3 Å². The summed E-state index contributed by atoms with van der Waals surface area (Å²) >= 11 is 0. The standard InChI is InChI=1S/C20H23F2N3O4/c21-20(22)29-15-7-5-14(6-8-15)19(27)24-13-18(26)23-12-16(17-4-3-11-28-17)25-9-1-2-10-25/h3-8,11,16,20H,1-2,9-10,12-13H2,(H,23,26)(H,24,27)/p+1/t16-/m0/s1. The first kappa shape index (κ1) is 20.8. The highest BCUT2D eigenvalue weighted by Crippen LogP contribution is 2.15. The number of ether oxygens (including phenoxy) is 1. The fraction of sp³-hybridized carbons (Fsp3) is 0.400. The maximum absolute atomic E-state index is 12.2. The summed E-state index contributed by atoms with van der Waals surface area (Å²) in [6.07, 6.45) is 3.92. The molecule has 1 atom stereocenters. The summed E-state index contributed by atoms with van der Waals surface area (Å²) < 4.78 is 34.1. The van der Waals surface area contributed by atoms with Crippen molar-refractivity contribution in [3.8, 4) is 5.75 Å². The lowest BCUT2D eigenvalue weighted by atomic mass is 10.2. The van der Waals surface area contributed by atoms with E-state index in [1.165, 1.54) is 29.2 Å². The highest BCUT2D eigenvalue weighted by atomic mass is 19.3. The van der Waals surface area contributed by atoms with Crippen molar-refractivity contribution in [1.29, 1.82) is 0 Å². The van der Waals surface area contributed by atoms with E-state index in [2.05, 4.69) is 15.4 Å². The summed E-state index contributed by atoms with van der Waals surface area (Å²) in [5, 5.41) is 5.36. The smallest absolute Gasteiger partial charge is 0.387 e. The van der Waals surface area contributed by atoms with E-state index >= 15 is 0 Å². The van der Waals surface area contributed by atoms with Gasteiger partial charge in [0.2, 0.25) is 5.91 Å². The molecular weight excluding hydrogens is 384 g/mol. The van der Waals surface area contributed by atoms with Gasteiger partial charge in [0.1, 0.15) is 5.75 Å². The summed E-state index contributed by atoms with van der Waals surface area (Å²) in [7, 11) is 0. The molecule has 1 saturated heterocycles. The molecule has 9 heteroatoms. The molecule has 0 bridgehead atoms. The highest BCUT2D eigenvalue weighted by molar-refractivity contribution is 5.96. The molecule has 0 saturated carbocycles. The Labute approximate surface area is 167 Å². The number of hydrogen-bond donors (Lipinski definition) is 3. The van der Waals surface area contributed by atoms with Crippen molar-refractivity contribution in [3.05, 3.63) is 54.0 Å². The molecule has 3 N–H and O–H groups in total. The first-order chi connectivity index (χ1) is 14.0. The number of benzene rings is 1. The van der Waals surface area contributed by atoms with Crippen LogP contribution in [0.4, 0.5) is 8.78 Å². The van der Waals surface area contributed by atoms with E-state index in [1.54, 1.807) is 6.26 Å². The summed E-state index contributed by atoms with van der Waals surface area (Å²) in [5.74, 6) is 0.00247. The van der Waals surface area contributed by atoms with E-state index in [-0.39, 0.29) is 29.8 Å². The van der Waals surface area contributed by atoms with Gasteiger partial charge in [-0.2, -0.15) is 8.78 Å². The predicted octanol–water partition coefficient (Wildman–Crippen LogP) is 1.15. The second kappa shape index (κ2) is 10.0. The molecule has 1 fully saturated rings. The van der Waals surface area contributed by atoms with Crippen molar-refractivity contribution in [2.24, 2.45) is 0 Å². The van der Waals surface area contributed by atoms with Crippen LogP contribution in [0.3, 0.4) is 0 Å². The topological polar surface area (TPSA) is 85.0 Å². The van der Waals surface area contributed by atoms with Gasteiger partial charge in [-0.05, 0) is 36.4 Å². The van der Waals surface area contributed by atoms with Crippen molar-refractivity contribution in [3.63, 3.8) is 0 Å². The molecule has 1 aliphatic heterocycles. The van der Waals surface area contributed by atoms with Crippen LogP contribution in [0.2, 0.25) is 0 Å².